The van der Waals surface area contributed by atoms with E-state index >= 15 is 0 Å². The van der Waals surface area contributed by atoms with Crippen molar-refractivity contribution < 1.29 is 9.84 Å². The molecular weight excluding hydrogens is 216 g/mol. The van der Waals surface area contributed by atoms with Gasteiger partial charge in [-0.25, -0.2) is 4.98 Å². The molecule has 4 heteroatoms. The zero-order chi connectivity index (χ0) is 12.1. The van der Waals surface area contributed by atoms with Crippen molar-refractivity contribution in [2.24, 2.45) is 0 Å². The van der Waals surface area contributed by atoms with Crippen molar-refractivity contribution in [1.29, 1.82) is 0 Å². The van der Waals surface area contributed by atoms with Crippen molar-refractivity contribution in [3.63, 3.8) is 0 Å². The smallest absolute Gasteiger partial charge is 0.132 e. The van der Waals surface area contributed by atoms with Crippen LogP contribution in [0.1, 0.15) is 19.2 Å². The molecule has 0 radical (unpaired) electrons. The van der Waals surface area contributed by atoms with E-state index in [0.29, 0.717) is 5.82 Å². The number of hydrogen-bond acceptors (Lipinski definition) is 3. The highest BCUT2D eigenvalue weighted by atomic mass is 16.5. The number of aliphatic hydroxyl groups excluding tert-OH is 1. The highest BCUT2D eigenvalue weighted by molar-refractivity contribution is 5.59. The van der Waals surface area contributed by atoms with Gasteiger partial charge in [0, 0.05) is 0 Å². The van der Waals surface area contributed by atoms with E-state index in [0.717, 1.165) is 30.0 Å². The van der Waals surface area contributed by atoms with Crippen molar-refractivity contribution in [1.82, 2.24) is 9.97 Å². The van der Waals surface area contributed by atoms with Gasteiger partial charge >= 0.3 is 0 Å². The quantitative estimate of drug-likeness (QED) is 0.832. The zero-order valence-electron chi connectivity index (χ0n) is 9.81. The molecule has 0 bridgehead atoms. The largest absolute Gasteiger partial charge is 0.494 e. The maximum atomic E-state index is 8.93. The molecule has 2 rings (SSSR count). The SMILES string of the molecule is CCCOc1ccc(-c2cnc(CO)[nH]2)cc1. The fourth-order valence-corrected chi connectivity index (χ4v) is 1.54. The van der Waals surface area contributed by atoms with Crippen LogP contribution in [0.2, 0.25) is 0 Å². The minimum absolute atomic E-state index is 0.0717. The molecular formula is C13H16N2O2. The lowest BCUT2D eigenvalue weighted by Crippen LogP contribution is -1.94. The van der Waals surface area contributed by atoms with Gasteiger partial charge < -0.3 is 14.8 Å². The van der Waals surface area contributed by atoms with Crippen molar-refractivity contribution in [2.45, 2.75) is 20.0 Å². The van der Waals surface area contributed by atoms with Crippen LogP contribution in [0.5, 0.6) is 5.75 Å². The van der Waals surface area contributed by atoms with Gasteiger partial charge in [-0.3, -0.25) is 0 Å². The number of ether oxygens (including phenoxy) is 1. The van der Waals surface area contributed by atoms with Crippen LogP contribution < -0.4 is 4.74 Å². The Morgan fingerprint density at radius 1 is 1.29 bits per heavy atom. The highest BCUT2D eigenvalue weighted by Crippen LogP contribution is 2.20. The van der Waals surface area contributed by atoms with E-state index in [-0.39, 0.29) is 6.61 Å². The Bertz CT molecular complexity index is 463. The third kappa shape index (κ3) is 2.85. The summed E-state index contributed by atoms with van der Waals surface area (Å²) in [6.45, 7) is 2.74. The molecule has 0 saturated carbocycles. The Hall–Kier alpha value is -1.81. The molecule has 0 atom stereocenters. The van der Waals surface area contributed by atoms with Crippen LogP contribution in [0.4, 0.5) is 0 Å². The molecule has 2 N–H and O–H groups in total. The first-order chi connectivity index (χ1) is 8.33. The number of hydrogen-bond donors (Lipinski definition) is 2. The number of aromatic amines is 1. The fourth-order valence-electron chi connectivity index (χ4n) is 1.54. The monoisotopic (exact) mass is 232 g/mol. The third-order valence-corrected chi connectivity index (χ3v) is 2.42. The maximum Gasteiger partial charge on any atom is 0.132 e. The maximum absolute atomic E-state index is 8.93. The molecule has 2 aromatic rings. The third-order valence-electron chi connectivity index (χ3n) is 2.42. The van der Waals surface area contributed by atoms with Crippen LogP contribution >= 0.6 is 0 Å². The van der Waals surface area contributed by atoms with Gasteiger partial charge in [-0.15, -0.1) is 0 Å². The van der Waals surface area contributed by atoms with Crippen LogP contribution in [0, 0.1) is 0 Å². The van der Waals surface area contributed by atoms with Gasteiger partial charge in [0.1, 0.15) is 18.2 Å². The zero-order valence-corrected chi connectivity index (χ0v) is 9.81. The highest BCUT2D eigenvalue weighted by Gasteiger charge is 2.02. The number of aromatic nitrogens is 2. The van der Waals surface area contributed by atoms with Crippen LogP contribution in [-0.4, -0.2) is 21.7 Å². The Balaban J connectivity index is 2.11. The van der Waals surface area contributed by atoms with Gasteiger partial charge in [-0.05, 0) is 36.2 Å². The molecule has 0 fully saturated rings. The van der Waals surface area contributed by atoms with E-state index < -0.39 is 0 Å². The lowest BCUT2D eigenvalue weighted by Gasteiger charge is -2.04. The molecule has 90 valence electrons. The number of nitrogens with one attached hydrogen (secondary N) is 1. The second-order valence-electron chi connectivity index (χ2n) is 3.77. The van der Waals surface area contributed by atoms with Gasteiger partial charge in [0.2, 0.25) is 0 Å². The van der Waals surface area contributed by atoms with E-state index in [1.807, 2.05) is 24.3 Å². The number of H-pyrrole nitrogens is 1. The standard InChI is InChI=1S/C13H16N2O2/c1-2-7-17-11-5-3-10(4-6-11)12-8-14-13(9-16)15-12/h3-6,8,16H,2,7,9H2,1H3,(H,14,15). The van der Waals surface area contributed by atoms with Gasteiger partial charge in [0.25, 0.3) is 0 Å². The second-order valence-corrected chi connectivity index (χ2v) is 3.77. The van der Waals surface area contributed by atoms with E-state index in [9.17, 15) is 0 Å². The van der Waals surface area contributed by atoms with Gasteiger partial charge in [0.05, 0.1) is 18.5 Å². The molecule has 0 spiro atoms. The van der Waals surface area contributed by atoms with Crippen LogP contribution in [0.25, 0.3) is 11.3 Å². The summed E-state index contributed by atoms with van der Waals surface area (Å²) < 4.78 is 5.51. The van der Waals surface area contributed by atoms with Crippen molar-refractivity contribution in [3.05, 3.63) is 36.3 Å². The average molecular weight is 232 g/mol. The number of imidazole rings is 1. The van der Waals surface area contributed by atoms with Crippen molar-refractivity contribution in [2.75, 3.05) is 6.61 Å². The summed E-state index contributed by atoms with van der Waals surface area (Å²) in [4.78, 5) is 7.09. The Morgan fingerprint density at radius 2 is 2.06 bits per heavy atom. The van der Waals surface area contributed by atoms with Gasteiger partial charge in [0.15, 0.2) is 0 Å². The molecule has 0 aliphatic rings. The van der Waals surface area contributed by atoms with Crippen molar-refractivity contribution >= 4 is 0 Å². The molecule has 1 aromatic heterocycles. The normalized spacial score (nSPS) is 10.5. The molecule has 4 nitrogen and oxygen atoms in total. The van der Waals surface area contributed by atoms with E-state index in [2.05, 4.69) is 16.9 Å². The first-order valence-corrected chi connectivity index (χ1v) is 5.71. The number of benzene rings is 1. The topological polar surface area (TPSA) is 58.1 Å². The average Bonchev–Trinajstić information content (AvgIpc) is 2.86. The lowest BCUT2D eigenvalue weighted by atomic mass is 10.2. The summed E-state index contributed by atoms with van der Waals surface area (Å²) in [7, 11) is 0. The Kier molecular flexibility index (Phi) is 3.77. The summed E-state index contributed by atoms with van der Waals surface area (Å²) >= 11 is 0. The summed E-state index contributed by atoms with van der Waals surface area (Å²) in [5, 5.41) is 8.93. The number of nitrogens with zero attached hydrogens (tertiary/aromatic N) is 1. The van der Waals surface area contributed by atoms with Crippen LogP contribution in [0.15, 0.2) is 30.5 Å². The van der Waals surface area contributed by atoms with E-state index in [4.69, 9.17) is 9.84 Å². The Morgan fingerprint density at radius 3 is 2.65 bits per heavy atom. The van der Waals surface area contributed by atoms with E-state index in [1.165, 1.54) is 0 Å². The first-order valence-electron chi connectivity index (χ1n) is 5.71. The van der Waals surface area contributed by atoms with E-state index in [1.54, 1.807) is 6.20 Å². The second kappa shape index (κ2) is 5.50. The summed E-state index contributed by atoms with van der Waals surface area (Å²) in [5.41, 5.74) is 1.93. The summed E-state index contributed by atoms with van der Waals surface area (Å²) in [6, 6.07) is 7.81. The summed E-state index contributed by atoms with van der Waals surface area (Å²) in [5.74, 6) is 1.45. The number of aliphatic hydroxyl groups is 1. The molecule has 1 aromatic carbocycles. The molecule has 0 aliphatic heterocycles. The minimum Gasteiger partial charge on any atom is -0.494 e. The van der Waals surface area contributed by atoms with Gasteiger partial charge in [-0.2, -0.15) is 0 Å². The lowest BCUT2D eigenvalue weighted by molar-refractivity contribution is 0.272. The number of rotatable bonds is 5. The summed E-state index contributed by atoms with van der Waals surface area (Å²) in [6.07, 6.45) is 2.72. The molecule has 0 amide bonds. The van der Waals surface area contributed by atoms with Crippen LogP contribution in [0.3, 0.4) is 0 Å². The van der Waals surface area contributed by atoms with Crippen molar-refractivity contribution in [3.8, 4) is 17.0 Å². The van der Waals surface area contributed by atoms with Crippen LogP contribution in [-0.2, 0) is 6.61 Å². The minimum atomic E-state index is -0.0717. The predicted molar refractivity (Wildman–Crippen MR) is 65.7 cm³/mol. The fraction of sp³-hybridized carbons (Fsp3) is 0.308. The molecule has 1 heterocycles. The Labute approximate surface area is 100 Å². The molecule has 0 aliphatic carbocycles. The predicted octanol–water partition coefficient (Wildman–Crippen LogP) is 2.36. The van der Waals surface area contributed by atoms with Gasteiger partial charge in [-0.1, -0.05) is 6.92 Å². The molecule has 0 saturated heterocycles. The molecule has 17 heavy (non-hydrogen) atoms. The molecule has 0 unspecified atom stereocenters. The first kappa shape index (κ1) is 11.7.